The van der Waals surface area contributed by atoms with Crippen molar-refractivity contribution in [3.8, 4) is 0 Å². The van der Waals surface area contributed by atoms with Crippen LogP contribution in [0.3, 0.4) is 0 Å². The topological polar surface area (TPSA) is 30.2 Å². The summed E-state index contributed by atoms with van der Waals surface area (Å²) in [7, 11) is 0. The van der Waals surface area contributed by atoms with E-state index in [0.717, 1.165) is 30.8 Å². The van der Waals surface area contributed by atoms with Crippen molar-refractivity contribution >= 4 is 5.78 Å². The normalized spacial score (nSPS) is 23.5. The molecule has 0 unspecified atom stereocenters. The predicted octanol–water partition coefficient (Wildman–Crippen LogP) is 2.81. The average molecular weight is 178 g/mol. The first-order valence-corrected chi connectivity index (χ1v) is 4.84. The second kappa shape index (κ2) is 3.36. The van der Waals surface area contributed by atoms with Crippen molar-refractivity contribution in [3.63, 3.8) is 0 Å². The molecule has 0 amide bonds. The van der Waals surface area contributed by atoms with Crippen molar-refractivity contribution in [2.45, 2.75) is 38.5 Å². The minimum Gasteiger partial charge on any atom is -0.466 e. The molecule has 0 aliphatic heterocycles. The summed E-state index contributed by atoms with van der Waals surface area (Å²) in [4.78, 5) is 11.2. The smallest absolute Gasteiger partial charge is 0.133 e. The maximum atomic E-state index is 11.2. The maximum Gasteiger partial charge on any atom is 0.133 e. The Labute approximate surface area is 77.9 Å². The highest BCUT2D eigenvalue weighted by Gasteiger charge is 2.22. The summed E-state index contributed by atoms with van der Waals surface area (Å²) in [5.74, 6) is 2.65. The maximum absolute atomic E-state index is 11.2. The zero-order valence-corrected chi connectivity index (χ0v) is 7.88. The average Bonchev–Trinajstić information content (AvgIpc) is 2.52. The summed E-state index contributed by atoms with van der Waals surface area (Å²) in [6, 6.07) is 3.97. The van der Waals surface area contributed by atoms with Crippen LogP contribution in [-0.4, -0.2) is 5.78 Å². The first-order valence-electron chi connectivity index (χ1n) is 4.84. The van der Waals surface area contributed by atoms with E-state index in [-0.39, 0.29) is 0 Å². The Morgan fingerprint density at radius 2 is 2.31 bits per heavy atom. The molecule has 70 valence electrons. The highest BCUT2D eigenvalue weighted by Crippen LogP contribution is 2.31. The number of carbonyl (C=O) groups is 1. The fraction of sp³-hybridized carbons (Fsp3) is 0.545. The summed E-state index contributed by atoms with van der Waals surface area (Å²) >= 11 is 0. The Hall–Kier alpha value is -1.05. The molecular weight excluding hydrogens is 164 g/mol. The molecule has 0 saturated heterocycles. The molecule has 1 aliphatic carbocycles. The van der Waals surface area contributed by atoms with E-state index < -0.39 is 0 Å². The van der Waals surface area contributed by atoms with E-state index in [1.807, 2.05) is 19.1 Å². The van der Waals surface area contributed by atoms with Gasteiger partial charge in [0.2, 0.25) is 0 Å². The third-order valence-corrected chi connectivity index (χ3v) is 2.65. The molecule has 0 radical (unpaired) electrons. The van der Waals surface area contributed by atoms with Crippen LogP contribution in [0.4, 0.5) is 0 Å². The second-order valence-electron chi connectivity index (χ2n) is 3.78. The van der Waals surface area contributed by atoms with Gasteiger partial charge in [-0.25, -0.2) is 0 Å². The highest BCUT2D eigenvalue weighted by atomic mass is 16.3. The Balaban J connectivity index is 2.12. The molecule has 2 nitrogen and oxygen atoms in total. The number of furan rings is 1. The van der Waals surface area contributed by atoms with Crippen LogP contribution < -0.4 is 0 Å². The van der Waals surface area contributed by atoms with E-state index in [1.54, 1.807) is 0 Å². The van der Waals surface area contributed by atoms with E-state index >= 15 is 0 Å². The molecule has 2 rings (SSSR count). The number of rotatable bonds is 1. The zero-order valence-electron chi connectivity index (χ0n) is 7.88. The SMILES string of the molecule is Cc1ccc([C@@H]2CCCC(=O)C2)o1. The fourth-order valence-corrected chi connectivity index (χ4v) is 1.94. The molecule has 0 spiro atoms. The van der Waals surface area contributed by atoms with Crippen molar-refractivity contribution in [2.75, 3.05) is 0 Å². The lowest BCUT2D eigenvalue weighted by molar-refractivity contribution is -0.120. The van der Waals surface area contributed by atoms with Crippen molar-refractivity contribution in [2.24, 2.45) is 0 Å². The van der Waals surface area contributed by atoms with Gasteiger partial charge in [0.25, 0.3) is 0 Å². The number of aryl methyl sites for hydroxylation is 1. The third-order valence-electron chi connectivity index (χ3n) is 2.65. The Kier molecular flexibility index (Phi) is 2.21. The van der Waals surface area contributed by atoms with Crippen molar-refractivity contribution in [1.29, 1.82) is 0 Å². The predicted molar refractivity (Wildman–Crippen MR) is 49.7 cm³/mol. The number of carbonyl (C=O) groups excluding carboxylic acids is 1. The van der Waals surface area contributed by atoms with Crippen LogP contribution in [0.1, 0.15) is 43.1 Å². The van der Waals surface area contributed by atoms with Crippen LogP contribution in [0.2, 0.25) is 0 Å². The lowest BCUT2D eigenvalue weighted by Crippen LogP contribution is -2.12. The Morgan fingerprint density at radius 1 is 1.46 bits per heavy atom. The van der Waals surface area contributed by atoms with Gasteiger partial charge in [-0.2, -0.15) is 0 Å². The first-order chi connectivity index (χ1) is 6.25. The molecule has 1 aliphatic rings. The van der Waals surface area contributed by atoms with Crippen molar-refractivity contribution in [3.05, 3.63) is 23.7 Å². The largest absolute Gasteiger partial charge is 0.466 e. The molecule has 1 fully saturated rings. The van der Waals surface area contributed by atoms with E-state index in [1.165, 1.54) is 0 Å². The van der Waals surface area contributed by atoms with Gasteiger partial charge >= 0.3 is 0 Å². The van der Waals surface area contributed by atoms with Crippen molar-refractivity contribution in [1.82, 2.24) is 0 Å². The third kappa shape index (κ3) is 1.82. The van der Waals surface area contributed by atoms with Crippen LogP contribution in [-0.2, 0) is 4.79 Å². The minimum atomic E-state index is 0.343. The quantitative estimate of drug-likeness (QED) is 0.662. The molecule has 1 aromatic heterocycles. The number of hydrogen-bond donors (Lipinski definition) is 0. The highest BCUT2D eigenvalue weighted by molar-refractivity contribution is 5.79. The molecule has 0 bridgehead atoms. The Morgan fingerprint density at radius 3 is 2.92 bits per heavy atom. The van der Waals surface area contributed by atoms with Gasteiger partial charge in [-0.05, 0) is 31.9 Å². The van der Waals surface area contributed by atoms with Crippen LogP contribution in [0.15, 0.2) is 16.5 Å². The number of Topliss-reactive ketones (excluding diaryl/α,β-unsaturated/α-hetero) is 1. The van der Waals surface area contributed by atoms with Crippen LogP contribution >= 0.6 is 0 Å². The fourth-order valence-electron chi connectivity index (χ4n) is 1.94. The summed E-state index contributed by atoms with van der Waals surface area (Å²) in [6.07, 6.45) is 3.55. The Bertz CT molecular complexity index is 312. The minimum absolute atomic E-state index is 0.343. The van der Waals surface area contributed by atoms with E-state index in [2.05, 4.69) is 0 Å². The summed E-state index contributed by atoms with van der Waals surface area (Å²) in [6.45, 7) is 1.94. The van der Waals surface area contributed by atoms with Gasteiger partial charge in [-0.3, -0.25) is 4.79 Å². The molecule has 1 aromatic rings. The zero-order chi connectivity index (χ0) is 9.26. The van der Waals surface area contributed by atoms with Gasteiger partial charge in [-0.1, -0.05) is 0 Å². The van der Waals surface area contributed by atoms with Crippen molar-refractivity contribution < 1.29 is 9.21 Å². The van der Waals surface area contributed by atoms with Gasteiger partial charge in [0.1, 0.15) is 17.3 Å². The molecule has 1 atom stereocenters. The summed E-state index contributed by atoms with van der Waals surface area (Å²) < 4.78 is 5.52. The van der Waals surface area contributed by atoms with Gasteiger partial charge in [0, 0.05) is 18.8 Å². The molecule has 13 heavy (non-hydrogen) atoms. The number of ketones is 1. The monoisotopic (exact) mass is 178 g/mol. The van der Waals surface area contributed by atoms with Gasteiger partial charge in [0.15, 0.2) is 0 Å². The van der Waals surface area contributed by atoms with Gasteiger partial charge < -0.3 is 4.42 Å². The van der Waals surface area contributed by atoms with Gasteiger partial charge in [-0.15, -0.1) is 0 Å². The summed E-state index contributed by atoms with van der Waals surface area (Å²) in [5, 5.41) is 0. The molecule has 1 saturated carbocycles. The van der Waals surface area contributed by atoms with Crippen LogP contribution in [0, 0.1) is 6.92 Å². The molecule has 0 N–H and O–H groups in total. The van der Waals surface area contributed by atoms with E-state index in [9.17, 15) is 4.79 Å². The number of hydrogen-bond acceptors (Lipinski definition) is 2. The van der Waals surface area contributed by atoms with E-state index in [4.69, 9.17) is 4.42 Å². The molecule has 1 heterocycles. The van der Waals surface area contributed by atoms with Gasteiger partial charge in [0.05, 0.1) is 0 Å². The molecule has 0 aromatic carbocycles. The van der Waals surface area contributed by atoms with E-state index in [0.29, 0.717) is 18.1 Å². The lowest BCUT2D eigenvalue weighted by Gasteiger charge is -2.18. The van der Waals surface area contributed by atoms with Crippen LogP contribution in [0.25, 0.3) is 0 Å². The first kappa shape index (κ1) is 8.54. The molecular formula is C11H14O2. The standard InChI is InChI=1S/C11H14O2/c1-8-5-6-11(13-8)9-3-2-4-10(12)7-9/h5-6,9H,2-4,7H2,1H3/t9-/m1/s1. The summed E-state index contributed by atoms with van der Waals surface area (Å²) in [5.41, 5.74) is 0. The second-order valence-corrected chi connectivity index (χ2v) is 3.78. The van der Waals surface area contributed by atoms with Crippen LogP contribution in [0.5, 0.6) is 0 Å². The molecule has 2 heteroatoms. The lowest BCUT2D eigenvalue weighted by atomic mass is 9.87.